The molecule has 114 valence electrons. The molecule has 0 aliphatic rings. The van der Waals surface area contributed by atoms with Gasteiger partial charge in [-0.1, -0.05) is 0 Å². The Morgan fingerprint density at radius 3 is 2.05 bits per heavy atom. The third kappa shape index (κ3) is 4.72. The predicted octanol–water partition coefficient (Wildman–Crippen LogP) is -0.0467. The summed E-state index contributed by atoms with van der Waals surface area (Å²) < 4.78 is 30.1. The third-order valence-electron chi connectivity index (χ3n) is 4.08. The van der Waals surface area contributed by atoms with E-state index < -0.39 is 33.5 Å². The number of aliphatic carboxylic acids is 1. The minimum absolute atomic E-state index is 0.0729. The molecule has 2 unspecified atom stereocenters. The molecule has 0 amide bonds. The van der Waals surface area contributed by atoms with E-state index in [1.54, 1.807) is 34.9 Å². The first kappa shape index (κ1) is 18.3. The third-order valence-corrected chi connectivity index (χ3v) is 4.89. The van der Waals surface area contributed by atoms with Crippen molar-refractivity contribution in [3.05, 3.63) is 0 Å². The lowest BCUT2D eigenvalue weighted by Crippen LogP contribution is -2.65. The van der Waals surface area contributed by atoms with Crippen molar-refractivity contribution >= 4 is 16.1 Å². The van der Waals surface area contributed by atoms with E-state index in [0.717, 1.165) is 0 Å². The quantitative estimate of drug-likeness (QED) is 0.449. The van der Waals surface area contributed by atoms with Crippen LogP contribution in [0.2, 0.25) is 0 Å². The number of aliphatic hydroxyl groups excluding tert-OH is 1. The van der Waals surface area contributed by atoms with Crippen LogP contribution in [0.3, 0.4) is 0 Å². The molecule has 8 heteroatoms. The molecule has 0 aromatic carbocycles. The zero-order valence-electron chi connectivity index (χ0n) is 12.0. The van der Waals surface area contributed by atoms with Crippen LogP contribution in [-0.2, 0) is 14.9 Å². The molecule has 0 saturated heterocycles. The Morgan fingerprint density at radius 2 is 1.74 bits per heavy atom. The van der Waals surface area contributed by atoms with Gasteiger partial charge in [-0.3, -0.25) is 4.55 Å². The maximum absolute atomic E-state index is 11.3. The minimum Gasteiger partial charge on any atom is -0.477 e. The van der Waals surface area contributed by atoms with Crippen LogP contribution in [0.1, 0.15) is 27.2 Å². The molecular formula is C11H24NO6S+. The van der Waals surface area contributed by atoms with Crippen LogP contribution in [0, 0.1) is 0 Å². The number of aliphatic hydroxyl groups is 1. The smallest absolute Gasteiger partial charge is 0.365 e. The number of likely N-dealkylation sites (N-methyl/N-ethyl adjacent to an activating group) is 1. The number of carbonyl (C=O) groups is 1. The second-order valence-electron chi connectivity index (χ2n) is 5.89. The van der Waals surface area contributed by atoms with Gasteiger partial charge in [-0.15, -0.1) is 0 Å². The van der Waals surface area contributed by atoms with Gasteiger partial charge in [0.15, 0.2) is 5.54 Å². The van der Waals surface area contributed by atoms with Gasteiger partial charge in [0.2, 0.25) is 0 Å². The summed E-state index contributed by atoms with van der Waals surface area (Å²) in [7, 11) is -0.825. The lowest BCUT2D eigenvalue weighted by atomic mass is 9.95. The molecule has 0 radical (unpaired) electrons. The standard InChI is InChI=1S/C11H23NO6S/c1-8(6-9(13)7-19(16,17)18)12(4,5)11(2,3)10(14)15/h8-9,13H,6-7H2,1-5H3,(H-,14,15,16,17,18)/p+1. The highest BCUT2D eigenvalue weighted by molar-refractivity contribution is 7.85. The second-order valence-corrected chi connectivity index (χ2v) is 7.39. The van der Waals surface area contributed by atoms with Crippen LogP contribution in [0.25, 0.3) is 0 Å². The first-order valence-corrected chi connectivity index (χ1v) is 7.53. The van der Waals surface area contributed by atoms with E-state index in [2.05, 4.69) is 0 Å². The van der Waals surface area contributed by atoms with Crippen molar-refractivity contribution in [2.24, 2.45) is 0 Å². The molecule has 0 aliphatic carbocycles. The molecule has 2 atom stereocenters. The zero-order valence-corrected chi connectivity index (χ0v) is 12.8. The molecule has 0 saturated carbocycles. The number of rotatable bonds is 7. The van der Waals surface area contributed by atoms with Gasteiger partial charge in [0.25, 0.3) is 10.1 Å². The van der Waals surface area contributed by atoms with E-state index in [9.17, 15) is 23.4 Å². The molecule has 0 aliphatic heterocycles. The van der Waals surface area contributed by atoms with Gasteiger partial charge in [-0.05, 0) is 6.92 Å². The number of nitrogens with zero attached hydrogens (tertiary/aromatic N) is 1. The lowest BCUT2D eigenvalue weighted by molar-refractivity contribution is -0.950. The SMILES string of the molecule is CC(CC(O)CS(=O)(=O)O)[N+](C)(C)C(C)(C)C(=O)O. The van der Waals surface area contributed by atoms with Crippen molar-refractivity contribution in [1.29, 1.82) is 0 Å². The predicted molar refractivity (Wildman–Crippen MR) is 70.3 cm³/mol. The van der Waals surface area contributed by atoms with Gasteiger partial charge in [0.05, 0.1) is 26.2 Å². The van der Waals surface area contributed by atoms with Crippen LogP contribution < -0.4 is 0 Å². The van der Waals surface area contributed by atoms with Crippen LogP contribution in [0.4, 0.5) is 0 Å². The Kier molecular flexibility index (Phi) is 5.53. The molecule has 0 heterocycles. The zero-order chi connectivity index (χ0) is 15.6. The van der Waals surface area contributed by atoms with E-state index in [0.29, 0.717) is 0 Å². The fourth-order valence-electron chi connectivity index (χ4n) is 1.77. The van der Waals surface area contributed by atoms with Crippen LogP contribution in [0.5, 0.6) is 0 Å². The monoisotopic (exact) mass is 298 g/mol. The van der Waals surface area contributed by atoms with Gasteiger partial charge >= 0.3 is 5.97 Å². The van der Waals surface area contributed by atoms with Crippen molar-refractivity contribution in [2.75, 3.05) is 19.8 Å². The Morgan fingerprint density at radius 1 is 1.32 bits per heavy atom. The summed E-state index contributed by atoms with van der Waals surface area (Å²) in [4.78, 5) is 11.3. The molecule has 0 spiro atoms. The van der Waals surface area contributed by atoms with Crippen molar-refractivity contribution in [3.8, 4) is 0 Å². The van der Waals surface area contributed by atoms with Crippen molar-refractivity contribution in [2.45, 2.75) is 44.9 Å². The molecule has 0 aromatic rings. The average Bonchev–Trinajstić information content (AvgIpc) is 2.13. The summed E-state index contributed by atoms with van der Waals surface area (Å²) in [5.41, 5.74) is -1.09. The van der Waals surface area contributed by atoms with Crippen LogP contribution in [0.15, 0.2) is 0 Å². The van der Waals surface area contributed by atoms with Crippen LogP contribution >= 0.6 is 0 Å². The summed E-state index contributed by atoms with van der Waals surface area (Å²) in [5, 5.41) is 18.9. The van der Waals surface area contributed by atoms with Gasteiger partial charge in [-0.2, -0.15) is 8.42 Å². The number of hydrogen-bond acceptors (Lipinski definition) is 4. The Bertz CT molecular complexity index is 428. The summed E-state index contributed by atoms with van der Waals surface area (Å²) in [5.74, 6) is -1.72. The van der Waals surface area contributed by atoms with Gasteiger partial charge in [0, 0.05) is 20.3 Å². The van der Waals surface area contributed by atoms with E-state index in [1.165, 1.54) is 0 Å². The number of quaternary nitrogens is 1. The summed E-state index contributed by atoms with van der Waals surface area (Å²) in [6.45, 7) is 4.87. The first-order chi connectivity index (χ1) is 8.22. The molecule has 7 nitrogen and oxygen atoms in total. The molecule has 19 heavy (non-hydrogen) atoms. The summed E-state index contributed by atoms with van der Waals surface area (Å²) in [6, 6.07) is -0.303. The second kappa shape index (κ2) is 5.74. The largest absolute Gasteiger partial charge is 0.477 e. The van der Waals surface area contributed by atoms with E-state index in [-0.39, 0.29) is 16.9 Å². The maximum Gasteiger partial charge on any atom is 0.365 e. The van der Waals surface area contributed by atoms with Crippen molar-refractivity contribution < 1.29 is 32.5 Å². The van der Waals surface area contributed by atoms with E-state index in [1.807, 2.05) is 0 Å². The fourth-order valence-corrected chi connectivity index (χ4v) is 2.39. The Hall–Kier alpha value is -0.700. The van der Waals surface area contributed by atoms with E-state index >= 15 is 0 Å². The average molecular weight is 298 g/mol. The van der Waals surface area contributed by atoms with Crippen molar-refractivity contribution in [3.63, 3.8) is 0 Å². The fraction of sp³-hybridized carbons (Fsp3) is 0.909. The van der Waals surface area contributed by atoms with E-state index in [4.69, 9.17) is 4.55 Å². The minimum atomic E-state index is -4.24. The topological polar surface area (TPSA) is 112 Å². The lowest BCUT2D eigenvalue weighted by Gasteiger charge is -2.46. The molecule has 0 bridgehead atoms. The summed E-state index contributed by atoms with van der Waals surface area (Å²) >= 11 is 0. The van der Waals surface area contributed by atoms with Gasteiger partial charge in [0.1, 0.15) is 5.75 Å². The highest BCUT2D eigenvalue weighted by Gasteiger charge is 2.47. The Balaban J connectivity index is 4.92. The normalized spacial score (nSPS) is 17.0. The molecular weight excluding hydrogens is 274 g/mol. The van der Waals surface area contributed by atoms with Gasteiger partial charge in [-0.25, -0.2) is 4.79 Å². The molecule has 3 N–H and O–H groups in total. The van der Waals surface area contributed by atoms with Crippen LogP contribution in [-0.4, -0.2) is 71.2 Å². The summed E-state index contributed by atoms with van der Waals surface area (Å²) in [6.07, 6.45) is -1.16. The number of hydrogen-bond donors (Lipinski definition) is 3. The van der Waals surface area contributed by atoms with Gasteiger partial charge < -0.3 is 14.7 Å². The molecule has 0 aromatic heterocycles. The first-order valence-electron chi connectivity index (χ1n) is 5.92. The molecule has 0 fully saturated rings. The number of carboxylic acids is 1. The number of carboxylic acid groups (broad SMARTS) is 1. The van der Waals surface area contributed by atoms with Crippen molar-refractivity contribution in [1.82, 2.24) is 0 Å². The Labute approximate surface area is 114 Å². The highest BCUT2D eigenvalue weighted by Crippen LogP contribution is 2.26. The maximum atomic E-state index is 11.3. The highest BCUT2D eigenvalue weighted by atomic mass is 32.2. The molecule has 0 rings (SSSR count).